The van der Waals surface area contributed by atoms with Gasteiger partial charge in [0, 0.05) is 0 Å². The van der Waals surface area contributed by atoms with E-state index >= 15 is 0 Å². The molecule has 9 nitrogen and oxygen atoms in total. The molecule has 0 aromatic heterocycles. The molecule has 2 aromatic rings. The highest BCUT2D eigenvalue weighted by Crippen LogP contribution is 2.33. The van der Waals surface area contributed by atoms with Gasteiger partial charge in [-0.3, -0.25) is 13.6 Å². The van der Waals surface area contributed by atoms with Gasteiger partial charge in [-0.05, 0) is 24.3 Å². The molecule has 0 saturated heterocycles. The lowest BCUT2D eigenvalue weighted by molar-refractivity contribution is 0.0754. The summed E-state index contributed by atoms with van der Waals surface area (Å²) in [6, 6.07) is 7.96. The second-order valence-electron chi connectivity index (χ2n) is 5.02. The molecular weight excluding hydrogens is 549 g/mol. The number of benzene rings is 2. The summed E-state index contributed by atoms with van der Waals surface area (Å²) >= 11 is 23.1. The predicted molar refractivity (Wildman–Crippen MR) is 110 cm³/mol. The van der Waals surface area contributed by atoms with E-state index in [0.717, 1.165) is 0 Å². The molecule has 0 heterocycles. The highest BCUT2D eigenvalue weighted by atomic mass is 35.5. The van der Waals surface area contributed by atoms with Crippen LogP contribution in [0.15, 0.2) is 46.2 Å². The van der Waals surface area contributed by atoms with Crippen molar-refractivity contribution in [3.8, 4) is 0 Å². The minimum Gasteiger partial charge on any atom is -0.282 e. The third-order valence-corrected chi connectivity index (χ3v) is 8.21. The van der Waals surface area contributed by atoms with E-state index in [9.17, 15) is 21.4 Å². The van der Waals surface area contributed by atoms with E-state index in [2.05, 4.69) is 17.4 Å². The Morgan fingerprint density at radius 2 is 0.967 bits per heavy atom. The Balaban J connectivity index is 1.87. The van der Waals surface area contributed by atoms with Gasteiger partial charge >= 0.3 is 28.5 Å². The van der Waals surface area contributed by atoms with Crippen LogP contribution in [0.25, 0.3) is 0 Å². The summed E-state index contributed by atoms with van der Waals surface area (Å²) in [5.41, 5.74) is 0. The Kier molecular flexibility index (Phi) is 9.41. The van der Waals surface area contributed by atoms with Crippen molar-refractivity contribution in [3.05, 3.63) is 56.5 Å². The summed E-state index contributed by atoms with van der Waals surface area (Å²) < 4.78 is 78.2. The van der Waals surface area contributed by atoms with Gasteiger partial charge in [0.1, 0.15) is 9.79 Å². The molecule has 0 atom stereocenters. The van der Waals surface area contributed by atoms with Gasteiger partial charge in [0.25, 0.3) is 0 Å². The van der Waals surface area contributed by atoms with Crippen LogP contribution in [0.3, 0.4) is 0 Å². The maximum Gasteiger partial charge on any atom is 0.323 e. The Hall–Kier alpha value is -0.430. The standard InChI is InChI=1S/C14H11Cl4O9PS2/c15-9-3-1-4-10(16)13(9)29(20,21)26-7-24-28(19)25-8-27-30(22,23)14-11(17)5-2-6-12(14)18/h1-6,28H,7-8H2. The van der Waals surface area contributed by atoms with E-state index in [-0.39, 0.29) is 20.1 Å². The second-order valence-corrected chi connectivity index (χ2v) is 10.8. The van der Waals surface area contributed by atoms with E-state index in [4.69, 9.17) is 46.4 Å². The average Bonchev–Trinajstić information content (AvgIpc) is 2.60. The minimum atomic E-state index is -4.43. The van der Waals surface area contributed by atoms with Crippen LogP contribution in [0.2, 0.25) is 20.1 Å². The molecule has 0 amide bonds. The molecule has 0 spiro atoms. The highest BCUT2D eigenvalue weighted by Gasteiger charge is 2.24. The summed E-state index contributed by atoms with van der Waals surface area (Å²) in [5, 5.41) is -0.766. The molecule has 0 radical (unpaired) electrons. The maximum absolute atomic E-state index is 12.1. The van der Waals surface area contributed by atoms with Crippen molar-refractivity contribution < 1.29 is 38.8 Å². The predicted octanol–water partition coefficient (Wildman–Crippen LogP) is 4.75. The largest absolute Gasteiger partial charge is 0.323 e. The first-order valence-corrected chi connectivity index (χ1v) is 13.0. The zero-order valence-electron chi connectivity index (χ0n) is 14.4. The molecule has 0 N–H and O–H groups in total. The smallest absolute Gasteiger partial charge is 0.282 e. The van der Waals surface area contributed by atoms with Crippen LogP contribution in [0, 0.1) is 0 Å². The highest BCUT2D eigenvalue weighted by molar-refractivity contribution is 7.87. The third-order valence-electron chi connectivity index (χ3n) is 3.10. The van der Waals surface area contributed by atoms with Crippen molar-refractivity contribution >= 4 is 74.9 Å². The van der Waals surface area contributed by atoms with E-state index in [1.807, 2.05) is 0 Å². The van der Waals surface area contributed by atoms with Crippen LogP contribution < -0.4 is 0 Å². The topological polar surface area (TPSA) is 122 Å². The monoisotopic (exact) mass is 558 g/mol. The number of halogens is 4. The summed E-state index contributed by atoms with van der Waals surface area (Å²) in [4.78, 5) is -0.993. The van der Waals surface area contributed by atoms with Gasteiger partial charge < -0.3 is 0 Å². The Bertz CT molecular complexity index is 1030. The van der Waals surface area contributed by atoms with Crippen molar-refractivity contribution in [1.82, 2.24) is 0 Å². The van der Waals surface area contributed by atoms with Crippen LogP contribution in [0.4, 0.5) is 0 Å². The molecule has 0 aliphatic carbocycles. The van der Waals surface area contributed by atoms with Crippen LogP contribution in [-0.4, -0.2) is 30.4 Å². The molecule has 0 unspecified atom stereocenters. The lowest BCUT2D eigenvalue weighted by Crippen LogP contribution is -2.11. The van der Waals surface area contributed by atoms with Crippen molar-refractivity contribution in [2.24, 2.45) is 0 Å². The molecule has 16 heteroatoms. The van der Waals surface area contributed by atoms with Crippen molar-refractivity contribution in [2.75, 3.05) is 13.6 Å². The van der Waals surface area contributed by atoms with Crippen LogP contribution in [0.5, 0.6) is 0 Å². The van der Waals surface area contributed by atoms with Gasteiger partial charge in [-0.1, -0.05) is 58.5 Å². The Morgan fingerprint density at radius 3 is 1.27 bits per heavy atom. The molecule has 0 aliphatic heterocycles. The first kappa shape index (κ1) is 25.8. The molecular formula is C14H11Cl4O9PS2. The Morgan fingerprint density at radius 1 is 0.667 bits per heavy atom. The van der Waals surface area contributed by atoms with Gasteiger partial charge in [0.05, 0.1) is 20.1 Å². The minimum absolute atomic E-state index is 0.191. The van der Waals surface area contributed by atoms with Gasteiger partial charge in [-0.25, -0.2) is 8.37 Å². The lowest BCUT2D eigenvalue weighted by Gasteiger charge is -2.10. The molecule has 0 saturated carbocycles. The first-order valence-electron chi connectivity index (χ1n) is 7.42. The normalized spacial score (nSPS) is 12.4. The number of hydrogen-bond acceptors (Lipinski definition) is 9. The summed E-state index contributed by atoms with van der Waals surface area (Å²) in [6.45, 7) is -2.05. The van der Waals surface area contributed by atoms with E-state index in [1.165, 1.54) is 36.4 Å². The average molecular weight is 560 g/mol. The van der Waals surface area contributed by atoms with E-state index in [0.29, 0.717) is 0 Å². The van der Waals surface area contributed by atoms with Crippen LogP contribution >= 0.6 is 54.7 Å². The molecule has 166 valence electrons. The zero-order chi connectivity index (χ0) is 22.5. The molecule has 30 heavy (non-hydrogen) atoms. The SMILES string of the molecule is O=[PH](OCOS(=O)(=O)c1c(Cl)cccc1Cl)OCOS(=O)(=O)c1c(Cl)cccc1Cl. The van der Waals surface area contributed by atoms with Crippen LogP contribution in [0.1, 0.15) is 0 Å². The summed E-state index contributed by atoms with van der Waals surface area (Å²) in [7, 11) is -12.3. The fourth-order valence-corrected chi connectivity index (χ4v) is 6.18. The molecule has 2 aromatic carbocycles. The van der Waals surface area contributed by atoms with Gasteiger partial charge in [0.15, 0.2) is 13.6 Å². The first-order chi connectivity index (χ1) is 14.0. The molecule has 0 aliphatic rings. The third kappa shape index (κ3) is 6.78. The fraction of sp³-hybridized carbons (Fsp3) is 0.143. The second kappa shape index (κ2) is 10.9. The molecule has 0 fully saturated rings. The summed E-state index contributed by atoms with van der Waals surface area (Å²) in [5.74, 6) is 0. The summed E-state index contributed by atoms with van der Waals surface area (Å²) in [6.07, 6.45) is 0. The maximum atomic E-state index is 12.1. The van der Waals surface area contributed by atoms with Crippen molar-refractivity contribution in [2.45, 2.75) is 9.79 Å². The lowest BCUT2D eigenvalue weighted by atomic mass is 10.4. The fourth-order valence-electron chi connectivity index (χ4n) is 1.87. The van der Waals surface area contributed by atoms with Gasteiger partial charge in [-0.15, -0.1) is 0 Å². The number of rotatable bonds is 10. The molecule has 0 bridgehead atoms. The zero-order valence-corrected chi connectivity index (χ0v) is 20.0. The quantitative estimate of drug-likeness (QED) is 0.230. The van der Waals surface area contributed by atoms with E-state index in [1.54, 1.807) is 0 Å². The number of hydrogen-bond donors (Lipinski definition) is 0. The van der Waals surface area contributed by atoms with Crippen LogP contribution in [-0.2, 0) is 42.2 Å². The van der Waals surface area contributed by atoms with Gasteiger partial charge in [0.2, 0.25) is 0 Å². The Labute approximate surface area is 192 Å². The van der Waals surface area contributed by atoms with Crippen molar-refractivity contribution in [1.29, 1.82) is 0 Å². The van der Waals surface area contributed by atoms with Crippen molar-refractivity contribution in [3.63, 3.8) is 0 Å². The van der Waals surface area contributed by atoms with Gasteiger partial charge in [-0.2, -0.15) is 16.8 Å². The molecule has 2 rings (SSSR count). The van der Waals surface area contributed by atoms with E-state index < -0.39 is 51.9 Å².